The molecule has 0 aliphatic carbocycles. The van der Waals surface area contributed by atoms with Crippen LogP contribution in [0.5, 0.6) is 0 Å². The summed E-state index contributed by atoms with van der Waals surface area (Å²) < 4.78 is 18.3. The number of aromatic nitrogens is 3. The van der Waals surface area contributed by atoms with Gasteiger partial charge in [-0.15, -0.1) is 0 Å². The first-order valence-corrected chi connectivity index (χ1v) is 7.92. The zero-order valence-corrected chi connectivity index (χ0v) is 14.2. The molecule has 1 N–H and O–H groups in total. The Labute approximate surface area is 145 Å². The van der Waals surface area contributed by atoms with Gasteiger partial charge >= 0.3 is 0 Å². The molecule has 2 heterocycles. The summed E-state index contributed by atoms with van der Waals surface area (Å²) in [4.78, 5) is 17.1. The Kier molecular flexibility index (Phi) is 5.34. The minimum absolute atomic E-state index is 0.284. The summed E-state index contributed by atoms with van der Waals surface area (Å²) in [6.07, 6.45) is 1.58. The van der Waals surface area contributed by atoms with Crippen LogP contribution in [0.1, 0.15) is 5.56 Å². The van der Waals surface area contributed by atoms with Crippen LogP contribution in [0.15, 0.2) is 29.4 Å². The van der Waals surface area contributed by atoms with E-state index < -0.39 is 0 Å². The normalized spacial score (nSPS) is 14.8. The third-order valence-electron chi connectivity index (χ3n) is 3.55. The number of rotatable bonds is 5. The molecule has 0 bridgehead atoms. The van der Waals surface area contributed by atoms with Crippen LogP contribution in [0.2, 0.25) is 0 Å². The Morgan fingerprint density at radius 3 is 2.56 bits per heavy atom. The minimum atomic E-state index is -0.284. The van der Waals surface area contributed by atoms with Crippen LogP contribution in [0.25, 0.3) is 0 Å². The second-order valence-corrected chi connectivity index (χ2v) is 5.67. The maximum atomic E-state index is 12.9. The van der Waals surface area contributed by atoms with Crippen molar-refractivity contribution in [2.45, 2.75) is 0 Å². The number of nitrogens with one attached hydrogen (secondary N) is 1. The lowest BCUT2D eigenvalue weighted by Gasteiger charge is -2.27. The van der Waals surface area contributed by atoms with Gasteiger partial charge in [-0.05, 0) is 17.7 Å². The van der Waals surface area contributed by atoms with Crippen LogP contribution in [0, 0.1) is 5.82 Å². The number of hydrogen-bond donors (Lipinski definition) is 1. The highest BCUT2D eigenvalue weighted by atomic mass is 19.1. The molecule has 1 saturated heterocycles. The van der Waals surface area contributed by atoms with Crippen LogP contribution >= 0.6 is 0 Å². The Balaban J connectivity index is 1.77. The highest BCUT2D eigenvalue weighted by Crippen LogP contribution is 2.16. The summed E-state index contributed by atoms with van der Waals surface area (Å²) >= 11 is 0. The zero-order valence-electron chi connectivity index (χ0n) is 14.2. The summed E-state index contributed by atoms with van der Waals surface area (Å²) in [6.45, 7) is 2.76. The number of hydrogen-bond acceptors (Lipinski definition) is 8. The molecule has 1 fully saturated rings. The average molecular weight is 345 g/mol. The van der Waals surface area contributed by atoms with Gasteiger partial charge in [0.1, 0.15) is 5.82 Å². The lowest BCUT2D eigenvalue weighted by Crippen LogP contribution is -2.37. The van der Waals surface area contributed by atoms with Crippen molar-refractivity contribution in [1.82, 2.24) is 15.0 Å². The van der Waals surface area contributed by atoms with Gasteiger partial charge in [-0.3, -0.25) is 0 Å². The number of anilines is 3. The summed E-state index contributed by atoms with van der Waals surface area (Å²) in [5.74, 6) is 1.18. The van der Waals surface area contributed by atoms with Gasteiger partial charge in [0.25, 0.3) is 0 Å². The maximum Gasteiger partial charge on any atom is 0.250 e. The summed E-state index contributed by atoms with van der Waals surface area (Å²) in [5, 5.41) is 4.12. The van der Waals surface area contributed by atoms with Crippen molar-refractivity contribution in [3.8, 4) is 0 Å². The topological polar surface area (TPSA) is 78.8 Å². The molecule has 0 amide bonds. The Hall–Kier alpha value is -2.81. The molecular weight excluding hydrogens is 325 g/mol. The number of halogens is 1. The molecule has 25 heavy (non-hydrogen) atoms. The molecule has 9 heteroatoms. The van der Waals surface area contributed by atoms with Crippen molar-refractivity contribution in [3.05, 3.63) is 35.6 Å². The van der Waals surface area contributed by atoms with Crippen LogP contribution in [0.3, 0.4) is 0 Å². The average Bonchev–Trinajstić information content (AvgIpc) is 2.64. The molecule has 0 unspecified atom stereocenters. The van der Waals surface area contributed by atoms with Gasteiger partial charge in [-0.1, -0.05) is 12.1 Å². The van der Waals surface area contributed by atoms with E-state index in [2.05, 4.69) is 25.5 Å². The highest BCUT2D eigenvalue weighted by Gasteiger charge is 2.17. The standard InChI is InChI=1S/C16H20FN7O/c1-23(2)15-19-14(20-16(21-15)24-7-9-25-10-8-24)22-18-11-12-3-5-13(17)6-4-12/h3-6,11H,7-10H2,1-2H3,(H,19,20,21,22). The van der Waals surface area contributed by atoms with Crippen molar-refractivity contribution in [2.75, 3.05) is 55.6 Å². The molecule has 1 aliphatic rings. The first kappa shape index (κ1) is 17.0. The number of morpholine rings is 1. The van der Waals surface area contributed by atoms with Crippen LogP contribution < -0.4 is 15.2 Å². The molecule has 0 atom stereocenters. The summed E-state index contributed by atoms with van der Waals surface area (Å²) in [7, 11) is 3.73. The van der Waals surface area contributed by atoms with E-state index in [1.165, 1.54) is 12.1 Å². The molecule has 3 rings (SSSR count). The quantitative estimate of drug-likeness (QED) is 0.647. The maximum absolute atomic E-state index is 12.9. The monoisotopic (exact) mass is 345 g/mol. The molecular formula is C16H20FN7O. The zero-order chi connectivity index (χ0) is 17.6. The fourth-order valence-electron chi connectivity index (χ4n) is 2.22. The SMILES string of the molecule is CN(C)c1nc(NN=Cc2ccc(F)cc2)nc(N2CCOCC2)n1. The molecule has 1 aromatic carbocycles. The van der Waals surface area contributed by atoms with Crippen LogP contribution in [-0.2, 0) is 4.74 Å². The van der Waals surface area contributed by atoms with Crippen LogP contribution in [0.4, 0.5) is 22.2 Å². The molecule has 1 aliphatic heterocycles. The third kappa shape index (κ3) is 4.60. The van der Waals surface area contributed by atoms with E-state index in [4.69, 9.17) is 4.74 Å². The highest BCUT2D eigenvalue weighted by molar-refractivity contribution is 5.79. The van der Waals surface area contributed by atoms with E-state index in [1.54, 1.807) is 23.2 Å². The fraction of sp³-hybridized carbons (Fsp3) is 0.375. The van der Waals surface area contributed by atoms with Gasteiger partial charge in [0.2, 0.25) is 17.8 Å². The van der Waals surface area contributed by atoms with Gasteiger partial charge in [0, 0.05) is 27.2 Å². The van der Waals surface area contributed by atoms with E-state index in [0.29, 0.717) is 31.1 Å². The third-order valence-corrected chi connectivity index (χ3v) is 3.55. The van der Waals surface area contributed by atoms with Gasteiger partial charge in [0.05, 0.1) is 19.4 Å². The van der Waals surface area contributed by atoms with E-state index >= 15 is 0 Å². The predicted octanol–water partition coefficient (Wildman–Crippen LogP) is 1.36. The molecule has 1 aromatic heterocycles. The minimum Gasteiger partial charge on any atom is -0.378 e. The summed E-state index contributed by atoms with van der Waals surface area (Å²) in [5.41, 5.74) is 3.58. The molecule has 0 saturated carbocycles. The Morgan fingerprint density at radius 2 is 1.88 bits per heavy atom. The van der Waals surface area contributed by atoms with Gasteiger partial charge in [-0.25, -0.2) is 9.82 Å². The van der Waals surface area contributed by atoms with Crippen molar-refractivity contribution in [1.29, 1.82) is 0 Å². The van der Waals surface area contributed by atoms with E-state index in [1.807, 2.05) is 19.0 Å². The van der Waals surface area contributed by atoms with E-state index in [9.17, 15) is 4.39 Å². The Bertz CT molecular complexity index is 730. The Morgan fingerprint density at radius 1 is 1.16 bits per heavy atom. The first-order chi connectivity index (χ1) is 12.1. The van der Waals surface area contributed by atoms with Gasteiger partial charge in [-0.2, -0.15) is 20.1 Å². The van der Waals surface area contributed by atoms with Crippen molar-refractivity contribution in [3.63, 3.8) is 0 Å². The van der Waals surface area contributed by atoms with E-state index in [-0.39, 0.29) is 5.82 Å². The van der Waals surface area contributed by atoms with Crippen molar-refractivity contribution >= 4 is 24.1 Å². The smallest absolute Gasteiger partial charge is 0.250 e. The lowest BCUT2D eigenvalue weighted by atomic mass is 10.2. The first-order valence-electron chi connectivity index (χ1n) is 7.92. The second-order valence-electron chi connectivity index (χ2n) is 5.67. The molecule has 2 aromatic rings. The number of ether oxygens (including phenoxy) is 1. The number of hydrazone groups is 1. The number of nitrogens with zero attached hydrogens (tertiary/aromatic N) is 6. The fourth-order valence-corrected chi connectivity index (χ4v) is 2.22. The number of benzene rings is 1. The van der Waals surface area contributed by atoms with E-state index in [0.717, 1.165) is 18.7 Å². The van der Waals surface area contributed by atoms with Crippen molar-refractivity contribution in [2.24, 2.45) is 5.10 Å². The molecule has 0 spiro atoms. The largest absolute Gasteiger partial charge is 0.378 e. The van der Waals surface area contributed by atoms with Gasteiger partial charge < -0.3 is 14.5 Å². The summed E-state index contributed by atoms with van der Waals surface area (Å²) in [6, 6.07) is 6.03. The van der Waals surface area contributed by atoms with Crippen molar-refractivity contribution < 1.29 is 9.13 Å². The molecule has 132 valence electrons. The van der Waals surface area contributed by atoms with Crippen LogP contribution in [-0.4, -0.2) is 61.6 Å². The predicted molar refractivity (Wildman–Crippen MR) is 94.8 cm³/mol. The lowest BCUT2D eigenvalue weighted by molar-refractivity contribution is 0.122. The second kappa shape index (κ2) is 7.84. The molecule has 8 nitrogen and oxygen atoms in total. The molecule has 0 radical (unpaired) electrons. The van der Waals surface area contributed by atoms with Gasteiger partial charge in [0.15, 0.2) is 0 Å².